The number of carbonyl (C=O) groups excluding carboxylic acids is 2. The molecular formula is C15H14FNO3S. The number of thiazole rings is 1. The van der Waals surface area contributed by atoms with Gasteiger partial charge in [0.25, 0.3) is 0 Å². The third kappa shape index (κ3) is 3.52. The zero-order valence-electron chi connectivity index (χ0n) is 11.7. The summed E-state index contributed by atoms with van der Waals surface area (Å²) in [5, 5.41) is 0.508. The molecule has 0 fully saturated rings. The first kappa shape index (κ1) is 15.3. The lowest BCUT2D eigenvalue weighted by Crippen LogP contribution is -2.09. The highest BCUT2D eigenvalue weighted by atomic mass is 32.1. The number of rotatable bonds is 5. The Balaban J connectivity index is 2.34. The number of esters is 1. The molecule has 0 saturated heterocycles. The summed E-state index contributed by atoms with van der Waals surface area (Å²) in [7, 11) is 0. The summed E-state index contributed by atoms with van der Waals surface area (Å²) in [5.41, 5.74) is 0.484. The first-order valence-electron chi connectivity index (χ1n) is 6.44. The molecule has 0 N–H and O–H groups in total. The van der Waals surface area contributed by atoms with Crippen LogP contribution < -0.4 is 0 Å². The molecule has 110 valence electrons. The largest absolute Gasteiger partial charge is 0.461 e. The number of Topliss-reactive ketones (excluding diaryl/α,β-unsaturated/α-hetero) is 1. The number of carbonyl (C=O) groups is 2. The fourth-order valence-corrected chi connectivity index (χ4v) is 2.79. The second-order valence-corrected chi connectivity index (χ2v) is 5.41. The van der Waals surface area contributed by atoms with Gasteiger partial charge in [-0.05, 0) is 18.6 Å². The van der Waals surface area contributed by atoms with Gasteiger partial charge in [-0.3, -0.25) is 4.79 Å². The fourth-order valence-electron chi connectivity index (χ4n) is 1.82. The minimum absolute atomic E-state index is 0.0145. The molecule has 2 rings (SSSR count). The summed E-state index contributed by atoms with van der Waals surface area (Å²) >= 11 is 1.10. The lowest BCUT2D eigenvalue weighted by molar-refractivity contribution is 0.0517. The van der Waals surface area contributed by atoms with Crippen molar-refractivity contribution in [1.29, 1.82) is 0 Å². The summed E-state index contributed by atoms with van der Waals surface area (Å²) in [6, 6.07) is 6.34. The second-order valence-electron chi connectivity index (χ2n) is 4.33. The number of benzene rings is 1. The Hall–Kier alpha value is -2.08. The van der Waals surface area contributed by atoms with Gasteiger partial charge in [0.2, 0.25) is 0 Å². The predicted octanol–water partition coefficient (Wildman–Crippen LogP) is 3.25. The zero-order chi connectivity index (χ0) is 15.4. The SMILES string of the molecule is CCOC(=O)c1nc(Cc2ccccc2F)sc1C(C)=O. The maximum Gasteiger partial charge on any atom is 0.358 e. The Kier molecular flexibility index (Phi) is 4.80. The van der Waals surface area contributed by atoms with E-state index in [1.807, 2.05) is 0 Å². The molecule has 1 heterocycles. The van der Waals surface area contributed by atoms with Crippen LogP contribution in [0.2, 0.25) is 0 Å². The molecule has 21 heavy (non-hydrogen) atoms. The molecule has 0 radical (unpaired) electrons. The van der Waals surface area contributed by atoms with Crippen molar-refractivity contribution in [3.63, 3.8) is 0 Å². The van der Waals surface area contributed by atoms with Gasteiger partial charge >= 0.3 is 5.97 Å². The first-order valence-corrected chi connectivity index (χ1v) is 7.25. The summed E-state index contributed by atoms with van der Waals surface area (Å²) in [4.78, 5) is 27.8. The molecule has 0 bridgehead atoms. The van der Waals surface area contributed by atoms with E-state index in [0.29, 0.717) is 10.6 Å². The van der Waals surface area contributed by atoms with Crippen LogP contribution in [0.25, 0.3) is 0 Å². The van der Waals surface area contributed by atoms with Crippen LogP contribution >= 0.6 is 11.3 Å². The van der Waals surface area contributed by atoms with Crippen LogP contribution in [-0.2, 0) is 11.2 Å². The number of aromatic nitrogens is 1. The topological polar surface area (TPSA) is 56.3 Å². The van der Waals surface area contributed by atoms with Gasteiger partial charge in [-0.1, -0.05) is 18.2 Å². The van der Waals surface area contributed by atoms with Gasteiger partial charge < -0.3 is 4.74 Å². The highest BCUT2D eigenvalue weighted by Crippen LogP contribution is 2.23. The Morgan fingerprint density at radius 3 is 2.67 bits per heavy atom. The minimum Gasteiger partial charge on any atom is -0.461 e. The Morgan fingerprint density at radius 2 is 2.05 bits per heavy atom. The van der Waals surface area contributed by atoms with E-state index in [2.05, 4.69) is 4.98 Å². The average Bonchev–Trinajstić information content (AvgIpc) is 2.86. The van der Waals surface area contributed by atoms with E-state index in [4.69, 9.17) is 4.74 Å². The van der Waals surface area contributed by atoms with Crippen LogP contribution in [0.3, 0.4) is 0 Å². The van der Waals surface area contributed by atoms with Crippen molar-refractivity contribution in [3.8, 4) is 0 Å². The highest BCUT2D eigenvalue weighted by molar-refractivity contribution is 7.14. The average molecular weight is 307 g/mol. The van der Waals surface area contributed by atoms with E-state index < -0.39 is 5.97 Å². The van der Waals surface area contributed by atoms with Crippen molar-refractivity contribution < 1.29 is 18.7 Å². The van der Waals surface area contributed by atoms with Crippen molar-refractivity contribution in [2.45, 2.75) is 20.3 Å². The van der Waals surface area contributed by atoms with Gasteiger partial charge in [-0.2, -0.15) is 0 Å². The van der Waals surface area contributed by atoms with Crippen molar-refractivity contribution >= 4 is 23.1 Å². The van der Waals surface area contributed by atoms with Crippen LogP contribution in [0.5, 0.6) is 0 Å². The van der Waals surface area contributed by atoms with Crippen LogP contribution in [-0.4, -0.2) is 23.3 Å². The molecule has 1 aromatic heterocycles. The smallest absolute Gasteiger partial charge is 0.358 e. The third-order valence-corrected chi connectivity index (χ3v) is 3.92. The fraction of sp³-hybridized carbons (Fsp3) is 0.267. The first-order chi connectivity index (χ1) is 10.0. The Morgan fingerprint density at radius 1 is 1.33 bits per heavy atom. The van der Waals surface area contributed by atoms with Crippen LogP contribution in [0.4, 0.5) is 4.39 Å². The van der Waals surface area contributed by atoms with E-state index in [9.17, 15) is 14.0 Å². The van der Waals surface area contributed by atoms with Crippen LogP contribution in [0, 0.1) is 5.82 Å². The number of nitrogens with zero attached hydrogens (tertiary/aromatic N) is 1. The molecule has 4 nitrogen and oxygen atoms in total. The highest BCUT2D eigenvalue weighted by Gasteiger charge is 2.22. The maximum absolute atomic E-state index is 13.6. The van der Waals surface area contributed by atoms with E-state index >= 15 is 0 Å². The van der Waals surface area contributed by atoms with Crippen molar-refractivity contribution in [1.82, 2.24) is 4.98 Å². The molecule has 0 aliphatic rings. The van der Waals surface area contributed by atoms with Crippen LogP contribution in [0.15, 0.2) is 24.3 Å². The number of halogens is 1. The number of ether oxygens (including phenoxy) is 1. The normalized spacial score (nSPS) is 10.4. The van der Waals surface area contributed by atoms with Crippen LogP contribution in [0.1, 0.15) is 44.6 Å². The molecule has 0 amide bonds. The number of hydrogen-bond acceptors (Lipinski definition) is 5. The summed E-state index contributed by atoms with van der Waals surface area (Å²) in [5.74, 6) is -1.22. The molecule has 1 aromatic carbocycles. The quantitative estimate of drug-likeness (QED) is 0.628. The number of hydrogen-bond donors (Lipinski definition) is 0. The molecule has 2 aromatic rings. The van der Waals surface area contributed by atoms with Gasteiger partial charge in [-0.15, -0.1) is 11.3 Å². The summed E-state index contributed by atoms with van der Waals surface area (Å²) in [6.45, 7) is 3.25. The molecule has 0 spiro atoms. The lowest BCUT2D eigenvalue weighted by Gasteiger charge is -1.99. The lowest BCUT2D eigenvalue weighted by atomic mass is 10.1. The standard InChI is InChI=1S/C15H14FNO3S/c1-3-20-15(19)13-14(9(2)18)21-12(17-13)8-10-6-4-5-7-11(10)16/h4-7H,3,8H2,1-2H3. The molecule has 0 saturated carbocycles. The summed E-state index contributed by atoms with van der Waals surface area (Å²) in [6.07, 6.45) is 0.233. The number of ketones is 1. The molecule has 6 heteroatoms. The van der Waals surface area contributed by atoms with Crippen molar-refractivity contribution in [2.75, 3.05) is 6.61 Å². The van der Waals surface area contributed by atoms with Gasteiger partial charge in [0.1, 0.15) is 10.7 Å². The Bertz CT molecular complexity index is 681. The molecule has 0 aliphatic carbocycles. The van der Waals surface area contributed by atoms with Crippen molar-refractivity contribution in [2.24, 2.45) is 0 Å². The Labute approximate surface area is 125 Å². The monoisotopic (exact) mass is 307 g/mol. The van der Waals surface area contributed by atoms with E-state index in [1.165, 1.54) is 13.0 Å². The molecular weight excluding hydrogens is 293 g/mol. The van der Waals surface area contributed by atoms with E-state index in [0.717, 1.165) is 11.3 Å². The van der Waals surface area contributed by atoms with Gasteiger partial charge in [0.15, 0.2) is 11.5 Å². The second kappa shape index (κ2) is 6.58. The van der Waals surface area contributed by atoms with Crippen molar-refractivity contribution in [3.05, 3.63) is 51.2 Å². The predicted molar refractivity (Wildman–Crippen MR) is 77.3 cm³/mol. The van der Waals surface area contributed by atoms with Gasteiger partial charge in [0, 0.05) is 13.3 Å². The molecule has 0 unspecified atom stereocenters. The van der Waals surface area contributed by atoms with Gasteiger partial charge in [-0.25, -0.2) is 14.2 Å². The van der Waals surface area contributed by atoms with E-state index in [-0.39, 0.29) is 35.2 Å². The molecule has 0 atom stereocenters. The zero-order valence-corrected chi connectivity index (χ0v) is 12.5. The van der Waals surface area contributed by atoms with E-state index in [1.54, 1.807) is 25.1 Å². The molecule has 0 aliphatic heterocycles. The minimum atomic E-state index is -0.626. The third-order valence-electron chi connectivity index (χ3n) is 2.76. The summed E-state index contributed by atoms with van der Waals surface area (Å²) < 4.78 is 18.5. The maximum atomic E-state index is 13.6. The van der Waals surface area contributed by atoms with Gasteiger partial charge in [0.05, 0.1) is 11.6 Å².